The van der Waals surface area contributed by atoms with Crippen molar-refractivity contribution in [3.63, 3.8) is 0 Å². The summed E-state index contributed by atoms with van der Waals surface area (Å²) >= 11 is 1.21. The fourth-order valence-electron chi connectivity index (χ4n) is 3.58. The molecule has 34 heavy (non-hydrogen) atoms. The maximum absolute atomic E-state index is 12.5. The Morgan fingerprint density at radius 2 is 1.59 bits per heavy atom. The number of hydrogen-bond donors (Lipinski definition) is 3. The molecule has 0 aliphatic heterocycles. The summed E-state index contributed by atoms with van der Waals surface area (Å²) < 4.78 is 0. The van der Waals surface area contributed by atoms with Gasteiger partial charge in [-0.15, -0.1) is 11.3 Å². The zero-order valence-corrected chi connectivity index (χ0v) is 19.3. The van der Waals surface area contributed by atoms with E-state index in [0.717, 1.165) is 24.1 Å². The average molecular weight is 472 g/mol. The first-order valence-corrected chi connectivity index (χ1v) is 11.9. The highest BCUT2D eigenvalue weighted by Crippen LogP contribution is 2.20. The SMILES string of the molecule is O=C(O)Cc1csc(NC(=O)c2ccc(CNc3ccccc3CCc3ccccc3)cc2)n1. The maximum Gasteiger partial charge on any atom is 0.309 e. The molecule has 0 saturated heterocycles. The third-order valence-electron chi connectivity index (χ3n) is 5.35. The number of aromatic nitrogens is 1. The number of carboxylic acids is 1. The molecule has 0 radical (unpaired) electrons. The summed E-state index contributed by atoms with van der Waals surface area (Å²) in [6.45, 7) is 0.648. The Kier molecular flexibility index (Phi) is 7.67. The minimum atomic E-state index is -0.953. The van der Waals surface area contributed by atoms with Gasteiger partial charge in [0.2, 0.25) is 0 Å². The molecular weight excluding hydrogens is 446 g/mol. The smallest absolute Gasteiger partial charge is 0.309 e. The predicted molar refractivity (Wildman–Crippen MR) is 135 cm³/mol. The summed E-state index contributed by atoms with van der Waals surface area (Å²) in [4.78, 5) is 27.4. The average Bonchev–Trinajstić information content (AvgIpc) is 3.28. The molecule has 1 aromatic heterocycles. The van der Waals surface area contributed by atoms with Crippen molar-refractivity contribution in [2.24, 2.45) is 0 Å². The molecule has 0 aliphatic rings. The molecule has 4 rings (SSSR count). The molecule has 3 aromatic carbocycles. The molecule has 3 N–H and O–H groups in total. The molecule has 6 nitrogen and oxygen atoms in total. The van der Waals surface area contributed by atoms with E-state index in [2.05, 4.69) is 58.1 Å². The third-order valence-corrected chi connectivity index (χ3v) is 6.15. The molecule has 0 unspecified atom stereocenters. The van der Waals surface area contributed by atoms with Crippen LogP contribution in [0.3, 0.4) is 0 Å². The number of nitrogens with zero attached hydrogens (tertiary/aromatic N) is 1. The molecule has 4 aromatic rings. The van der Waals surface area contributed by atoms with Crippen molar-refractivity contribution in [2.45, 2.75) is 25.8 Å². The number of carbonyl (C=O) groups is 2. The van der Waals surface area contributed by atoms with Gasteiger partial charge >= 0.3 is 5.97 Å². The predicted octanol–water partition coefficient (Wildman–Crippen LogP) is 5.42. The summed E-state index contributed by atoms with van der Waals surface area (Å²) in [5, 5.41) is 17.1. The van der Waals surface area contributed by atoms with Crippen LogP contribution < -0.4 is 10.6 Å². The number of hydrogen-bond acceptors (Lipinski definition) is 5. The lowest BCUT2D eigenvalue weighted by Crippen LogP contribution is -2.12. The van der Waals surface area contributed by atoms with Gasteiger partial charge in [-0.1, -0.05) is 60.7 Å². The molecule has 7 heteroatoms. The Morgan fingerprint density at radius 3 is 2.35 bits per heavy atom. The van der Waals surface area contributed by atoms with E-state index in [1.54, 1.807) is 17.5 Å². The molecule has 0 saturated carbocycles. The van der Waals surface area contributed by atoms with Crippen molar-refractivity contribution in [1.29, 1.82) is 0 Å². The number of nitrogens with one attached hydrogen (secondary N) is 2. The number of carbonyl (C=O) groups excluding carboxylic acids is 1. The van der Waals surface area contributed by atoms with E-state index in [0.29, 0.717) is 22.9 Å². The van der Waals surface area contributed by atoms with Crippen LogP contribution in [0.2, 0.25) is 0 Å². The summed E-state index contributed by atoms with van der Waals surface area (Å²) in [6, 6.07) is 26.2. The van der Waals surface area contributed by atoms with Crippen molar-refractivity contribution in [1.82, 2.24) is 4.98 Å². The van der Waals surface area contributed by atoms with Gasteiger partial charge in [-0.3, -0.25) is 14.9 Å². The number of amides is 1. The van der Waals surface area contributed by atoms with Crippen LogP contribution in [0.1, 0.15) is 32.7 Å². The van der Waals surface area contributed by atoms with Crippen LogP contribution in [0.15, 0.2) is 84.2 Å². The van der Waals surface area contributed by atoms with Crippen molar-refractivity contribution in [3.8, 4) is 0 Å². The fourth-order valence-corrected chi connectivity index (χ4v) is 4.28. The second kappa shape index (κ2) is 11.2. The fraction of sp³-hybridized carbons (Fsp3) is 0.148. The number of carboxylic acid groups (broad SMARTS) is 1. The minimum absolute atomic E-state index is 0.163. The molecule has 0 spiro atoms. The molecule has 0 aliphatic carbocycles. The summed E-state index contributed by atoms with van der Waals surface area (Å²) in [5.74, 6) is -1.23. The number of rotatable bonds is 10. The number of para-hydroxylation sites is 1. The van der Waals surface area contributed by atoms with E-state index >= 15 is 0 Å². The molecule has 0 atom stereocenters. The van der Waals surface area contributed by atoms with Crippen molar-refractivity contribution >= 4 is 34.0 Å². The maximum atomic E-state index is 12.5. The van der Waals surface area contributed by atoms with Crippen molar-refractivity contribution < 1.29 is 14.7 Å². The number of thiazole rings is 1. The zero-order chi connectivity index (χ0) is 23.8. The van der Waals surface area contributed by atoms with E-state index in [-0.39, 0.29) is 12.3 Å². The highest BCUT2D eigenvalue weighted by atomic mass is 32.1. The number of benzene rings is 3. The van der Waals surface area contributed by atoms with E-state index in [1.165, 1.54) is 22.5 Å². The molecule has 172 valence electrons. The van der Waals surface area contributed by atoms with Crippen LogP contribution in [0.5, 0.6) is 0 Å². The summed E-state index contributed by atoms with van der Waals surface area (Å²) in [6.07, 6.45) is 1.78. The second-order valence-corrected chi connectivity index (χ2v) is 8.72. The molecule has 0 bridgehead atoms. The highest BCUT2D eigenvalue weighted by Gasteiger charge is 2.11. The Bertz CT molecular complexity index is 1250. The second-order valence-electron chi connectivity index (χ2n) is 7.86. The van der Waals surface area contributed by atoms with Gasteiger partial charge in [-0.25, -0.2) is 4.98 Å². The van der Waals surface area contributed by atoms with Gasteiger partial charge in [0.05, 0.1) is 12.1 Å². The van der Waals surface area contributed by atoms with E-state index < -0.39 is 5.97 Å². The van der Waals surface area contributed by atoms with Gasteiger partial charge in [0.1, 0.15) is 0 Å². The van der Waals surface area contributed by atoms with E-state index in [9.17, 15) is 9.59 Å². The Labute approximate surface area is 202 Å². The van der Waals surface area contributed by atoms with Gasteiger partial charge in [0, 0.05) is 23.2 Å². The van der Waals surface area contributed by atoms with E-state index in [4.69, 9.17) is 5.11 Å². The first-order valence-electron chi connectivity index (χ1n) is 11.0. The minimum Gasteiger partial charge on any atom is -0.481 e. The lowest BCUT2D eigenvalue weighted by molar-refractivity contribution is -0.136. The Hall–Kier alpha value is -3.97. The standard InChI is InChI=1S/C27H25N3O3S/c31-25(32)16-23-18-34-27(29-23)30-26(33)22-14-11-20(12-15-22)17-28-24-9-5-4-8-21(24)13-10-19-6-2-1-3-7-19/h1-9,11-12,14-15,18,28H,10,13,16-17H2,(H,31,32)(H,29,30,33). The monoisotopic (exact) mass is 471 g/mol. The number of anilines is 2. The lowest BCUT2D eigenvalue weighted by Gasteiger charge is -2.13. The zero-order valence-electron chi connectivity index (χ0n) is 18.5. The normalized spacial score (nSPS) is 10.6. The number of aryl methyl sites for hydroxylation is 2. The van der Waals surface area contributed by atoms with Gasteiger partial charge in [0.15, 0.2) is 5.13 Å². The molecule has 1 heterocycles. The summed E-state index contributed by atoms with van der Waals surface area (Å²) in [7, 11) is 0. The van der Waals surface area contributed by atoms with Crippen LogP contribution in [0.4, 0.5) is 10.8 Å². The Balaban J connectivity index is 1.32. The lowest BCUT2D eigenvalue weighted by atomic mass is 10.0. The first kappa shape index (κ1) is 23.2. The van der Waals surface area contributed by atoms with Crippen LogP contribution >= 0.6 is 11.3 Å². The molecule has 1 amide bonds. The van der Waals surface area contributed by atoms with Crippen LogP contribution in [0.25, 0.3) is 0 Å². The van der Waals surface area contributed by atoms with Crippen LogP contribution in [0, 0.1) is 0 Å². The van der Waals surface area contributed by atoms with Crippen molar-refractivity contribution in [2.75, 3.05) is 10.6 Å². The quantitative estimate of drug-likeness (QED) is 0.287. The number of aliphatic carboxylic acids is 1. The third kappa shape index (κ3) is 6.52. The van der Waals surface area contributed by atoms with Crippen molar-refractivity contribution in [3.05, 3.63) is 112 Å². The van der Waals surface area contributed by atoms with E-state index in [1.807, 2.05) is 24.3 Å². The first-order chi connectivity index (χ1) is 16.6. The van der Waals surface area contributed by atoms with Gasteiger partial charge < -0.3 is 10.4 Å². The van der Waals surface area contributed by atoms with Crippen LogP contribution in [-0.4, -0.2) is 22.0 Å². The van der Waals surface area contributed by atoms with Crippen LogP contribution in [-0.2, 0) is 30.6 Å². The summed E-state index contributed by atoms with van der Waals surface area (Å²) in [5.41, 5.74) is 5.71. The molecular formula is C27H25N3O3S. The largest absolute Gasteiger partial charge is 0.481 e. The highest BCUT2D eigenvalue weighted by molar-refractivity contribution is 7.14. The topological polar surface area (TPSA) is 91.3 Å². The molecule has 0 fully saturated rings. The van der Waals surface area contributed by atoms with Gasteiger partial charge in [-0.2, -0.15) is 0 Å². The van der Waals surface area contributed by atoms with Gasteiger partial charge in [0.25, 0.3) is 5.91 Å². The van der Waals surface area contributed by atoms with Gasteiger partial charge in [-0.05, 0) is 47.7 Å². The Morgan fingerprint density at radius 1 is 0.853 bits per heavy atom.